The fourth-order valence-corrected chi connectivity index (χ4v) is 2.64. The van der Waals surface area contributed by atoms with Crippen molar-refractivity contribution in [1.82, 2.24) is 5.32 Å². The standard InChI is InChI=1S/C13H10ClF2NOS/c14-12-4-2-9(19-12)5-6-17-13(18)10-7-8(15)1-3-11(10)16/h1-4,7H,5-6H2,(H,17,18). The van der Waals surface area contributed by atoms with E-state index in [1.165, 1.54) is 11.3 Å². The number of carbonyl (C=O) groups is 1. The molecule has 19 heavy (non-hydrogen) atoms. The number of benzene rings is 1. The highest BCUT2D eigenvalue weighted by Gasteiger charge is 2.12. The lowest BCUT2D eigenvalue weighted by atomic mass is 10.2. The Balaban J connectivity index is 1.92. The van der Waals surface area contributed by atoms with Crippen molar-refractivity contribution in [2.75, 3.05) is 6.54 Å². The van der Waals surface area contributed by atoms with Crippen molar-refractivity contribution in [3.63, 3.8) is 0 Å². The van der Waals surface area contributed by atoms with Crippen LogP contribution in [0.1, 0.15) is 15.2 Å². The Morgan fingerprint density at radius 1 is 1.26 bits per heavy atom. The number of nitrogens with one attached hydrogen (secondary N) is 1. The van der Waals surface area contributed by atoms with E-state index < -0.39 is 17.5 Å². The molecule has 1 heterocycles. The Kier molecular flexibility index (Phi) is 4.50. The SMILES string of the molecule is O=C(NCCc1ccc(Cl)s1)c1cc(F)ccc1F. The van der Waals surface area contributed by atoms with Gasteiger partial charge in [-0.1, -0.05) is 11.6 Å². The minimum absolute atomic E-state index is 0.288. The number of halogens is 3. The molecule has 2 aromatic rings. The quantitative estimate of drug-likeness (QED) is 0.917. The van der Waals surface area contributed by atoms with Gasteiger partial charge >= 0.3 is 0 Å². The van der Waals surface area contributed by atoms with Crippen molar-refractivity contribution < 1.29 is 13.6 Å². The van der Waals surface area contributed by atoms with Crippen LogP contribution in [0.25, 0.3) is 0 Å². The minimum Gasteiger partial charge on any atom is -0.352 e. The summed E-state index contributed by atoms with van der Waals surface area (Å²) >= 11 is 7.20. The van der Waals surface area contributed by atoms with Crippen LogP contribution in [0.2, 0.25) is 4.34 Å². The summed E-state index contributed by atoms with van der Waals surface area (Å²) in [5.41, 5.74) is -0.288. The fraction of sp³-hybridized carbons (Fsp3) is 0.154. The molecule has 0 atom stereocenters. The second-order valence-electron chi connectivity index (χ2n) is 3.84. The summed E-state index contributed by atoms with van der Waals surface area (Å²) in [6, 6.07) is 6.42. The minimum atomic E-state index is -0.738. The van der Waals surface area contributed by atoms with E-state index in [2.05, 4.69) is 5.32 Å². The first-order valence-electron chi connectivity index (χ1n) is 5.54. The monoisotopic (exact) mass is 301 g/mol. The van der Waals surface area contributed by atoms with Crippen molar-refractivity contribution in [3.8, 4) is 0 Å². The van der Waals surface area contributed by atoms with Crippen molar-refractivity contribution in [3.05, 3.63) is 56.7 Å². The molecule has 100 valence electrons. The molecule has 0 aliphatic carbocycles. The predicted molar refractivity (Wildman–Crippen MR) is 71.7 cm³/mol. The summed E-state index contributed by atoms with van der Waals surface area (Å²) in [7, 11) is 0. The molecule has 0 saturated carbocycles. The van der Waals surface area contributed by atoms with E-state index in [9.17, 15) is 13.6 Å². The molecule has 1 N–H and O–H groups in total. The maximum Gasteiger partial charge on any atom is 0.254 e. The lowest BCUT2D eigenvalue weighted by Crippen LogP contribution is -2.26. The molecule has 0 saturated heterocycles. The van der Waals surface area contributed by atoms with Gasteiger partial charge < -0.3 is 5.32 Å². The van der Waals surface area contributed by atoms with E-state index in [1.54, 1.807) is 6.07 Å². The van der Waals surface area contributed by atoms with Crippen molar-refractivity contribution in [2.45, 2.75) is 6.42 Å². The van der Waals surface area contributed by atoms with Crippen LogP contribution in [0.3, 0.4) is 0 Å². The molecule has 0 fully saturated rings. The first-order chi connectivity index (χ1) is 9.06. The Labute approximate surface area is 118 Å². The number of rotatable bonds is 4. The van der Waals surface area contributed by atoms with Gasteiger partial charge in [0, 0.05) is 11.4 Å². The van der Waals surface area contributed by atoms with Gasteiger partial charge in [0.25, 0.3) is 5.91 Å². The first-order valence-corrected chi connectivity index (χ1v) is 6.73. The molecule has 0 radical (unpaired) electrons. The van der Waals surface area contributed by atoms with E-state index in [0.29, 0.717) is 17.3 Å². The van der Waals surface area contributed by atoms with Crippen LogP contribution in [0.15, 0.2) is 30.3 Å². The van der Waals surface area contributed by atoms with Crippen LogP contribution < -0.4 is 5.32 Å². The van der Waals surface area contributed by atoms with Gasteiger partial charge in [-0.25, -0.2) is 8.78 Å². The highest BCUT2D eigenvalue weighted by Crippen LogP contribution is 2.21. The first kappa shape index (κ1) is 14.0. The van der Waals surface area contributed by atoms with Crippen LogP contribution in [0, 0.1) is 11.6 Å². The lowest BCUT2D eigenvalue weighted by Gasteiger charge is -2.05. The van der Waals surface area contributed by atoms with Crippen molar-refractivity contribution in [2.24, 2.45) is 0 Å². The second kappa shape index (κ2) is 6.12. The van der Waals surface area contributed by atoms with Crippen LogP contribution in [0.5, 0.6) is 0 Å². The number of amides is 1. The van der Waals surface area contributed by atoms with Crippen molar-refractivity contribution in [1.29, 1.82) is 0 Å². The summed E-state index contributed by atoms with van der Waals surface area (Å²) in [6.07, 6.45) is 0.597. The summed E-state index contributed by atoms with van der Waals surface area (Å²) in [4.78, 5) is 12.7. The van der Waals surface area contributed by atoms with E-state index in [1.807, 2.05) is 6.07 Å². The molecular formula is C13H10ClF2NOS. The lowest BCUT2D eigenvalue weighted by molar-refractivity contribution is 0.0949. The molecule has 0 unspecified atom stereocenters. The molecule has 1 aromatic heterocycles. The predicted octanol–water partition coefficient (Wildman–Crippen LogP) is 3.65. The highest BCUT2D eigenvalue weighted by atomic mass is 35.5. The highest BCUT2D eigenvalue weighted by molar-refractivity contribution is 7.16. The zero-order valence-electron chi connectivity index (χ0n) is 9.75. The third kappa shape index (κ3) is 3.75. The van der Waals surface area contributed by atoms with E-state index >= 15 is 0 Å². The number of thiophene rings is 1. The summed E-state index contributed by atoms with van der Waals surface area (Å²) in [6.45, 7) is 0.339. The van der Waals surface area contributed by atoms with E-state index in [4.69, 9.17) is 11.6 Å². The number of hydrogen-bond donors (Lipinski definition) is 1. The average molecular weight is 302 g/mol. The number of carbonyl (C=O) groups excluding carboxylic acids is 1. The Hall–Kier alpha value is -1.46. The molecule has 1 amide bonds. The molecule has 0 aliphatic rings. The molecule has 2 rings (SSSR count). The maximum absolute atomic E-state index is 13.3. The Bertz CT molecular complexity index is 600. The normalized spacial score (nSPS) is 10.5. The maximum atomic E-state index is 13.3. The second-order valence-corrected chi connectivity index (χ2v) is 5.64. The molecule has 2 nitrogen and oxygen atoms in total. The molecule has 1 aromatic carbocycles. The van der Waals surface area contributed by atoms with Crippen LogP contribution in [-0.2, 0) is 6.42 Å². The van der Waals surface area contributed by atoms with Crippen LogP contribution in [-0.4, -0.2) is 12.5 Å². The topological polar surface area (TPSA) is 29.1 Å². The third-order valence-electron chi connectivity index (χ3n) is 2.46. The molecule has 0 bridgehead atoms. The smallest absolute Gasteiger partial charge is 0.254 e. The van der Waals surface area contributed by atoms with Gasteiger partial charge in [0.05, 0.1) is 9.90 Å². The van der Waals surface area contributed by atoms with Gasteiger partial charge in [0.1, 0.15) is 11.6 Å². The van der Waals surface area contributed by atoms with Crippen molar-refractivity contribution >= 4 is 28.8 Å². The van der Waals surface area contributed by atoms with Gasteiger partial charge in [0.2, 0.25) is 0 Å². The van der Waals surface area contributed by atoms with Gasteiger partial charge in [-0.3, -0.25) is 4.79 Å². The zero-order valence-corrected chi connectivity index (χ0v) is 11.3. The molecule has 0 aliphatic heterocycles. The summed E-state index contributed by atoms with van der Waals surface area (Å²) in [5.74, 6) is -2.01. The van der Waals surface area contributed by atoms with Gasteiger partial charge in [-0.05, 0) is 36.8 Å². The average Bonchev–Trinajstić information content (AvgIpc) is 2.78. The van der Waals surface area contributed by atoms with E-state index in [-0.39, 0.29) is 5.56 Å². The zero-order chi connectivity index (χ0) is 13.8. The van der Waals surface area contributed by atoms with E-state index in [0.717, 1.165) is 23.1 Å². The molecular weight excluding hydrogens is 292 g/mol. The third-order valence-corrected chi connectivity index (χ3v) is 3.75. The molecule has 6 heteroatoms. The Morgan fingerprint density at radius 2 is 2.05 bits per heavy atom. The van der Waals surface area contributed by atoms with Gasteiger partial charge in [-0.15, -0.1) is 11.3 Å². The largest absolute Gasteiger partial charge is 0.352 e. The van der Waals surface area contributed by atoms with Crippen LogP contribution >= 0.6 is 22.9 Å². The van der Waals surface area contributed by atoms with Crippen LogP contribution in [0.4, 0.5) is 8.78 Å². The number of hydrogen-bond acceptors (Lipinski definition) is 2. The van der Waals surface area contributed by atoms with Gasteiger partial charge in [0.15, 0.2) is 0 Å². The molecule has 0 spiro atoms. The fourth-order valence-electron chi connectivity index (χ4n) is 1.55. The van der Waals surface area contributed by atoms with Gasteiger partial charge in [-0.2, -0.15) is 0 Å². The summed E-state index contributed by atoms with van der Waals surface area (Å²) in [5, 5.41) is 2.54. The Morgan fingerprint density at radius 3 is 2.74 bits per heavy atom. The summed E-state index contributed by atoms with van der Waals surface area (Å²) < 4.78 is 26.9.